The number of rotatable bonds is 12. The van der Waals surface area contributed by atoms with Gasteiger partial charge in [-0.15, -0.1) is 11.8 Å². The van der Waals surface area contributed by atoms with Gasteiger partial charge in [0.1, 0.15) is 11.9 Å². The van der Waals surface area contributed by atoms with Crippen molar-refractivity contribution in [2.24, 2.45) is 5.41 Å². The number of thioether (sulfide) groups is 1. The van der Waals surface area contributed by atoms with Crippen molar-refractivity contribution in [2.45, 2.75) is 56.5 Å². The van der Waals surface area contributed by atoms with Gasteiger partial charge < -0.3 is 14.7 Å². The van der Waals surface area contributed by atoms with Gasteiger partial charge in [-0.25, -0.2) is 4.39 Å². The number of aryl methyl sites for hydroxylation is 1. The number of carboxylic acid groups (broad SMARTS) is 1. The molecule has 0 unspecified atom stereocenters. The lowest BCUT2D eigenvalue weighted by molar-refractivity contribution is -0.141. The Morgan fingerprint density at radius 2 is 1.97 bits per heavy atom. The minimum absolute atomic E-state index is 0.0650. The average Bonchev–Trinajstić information content (AvgIpc) is 2.91. The van der Waals surface area contributed by atoms with Gasteiger partial charge in [0, 0.05) is 22.0 Å². The number of fused-ring (bicyclic) bond motifs is 1. The second-order valence-corrected chi connectivity index (χ2v) is 11.9. The zero-order valence-corrected chi connectivity index (χ0v) is 23.7. The molecule has 4 rings (SSSR count). The molecule has 5 nitrogen and oxygen atoms in total. The van der Waals surface area contributed by atoms with Crippen LogP contribution in [0.25, 0.3) is 10.9 Å². The van der Waals surface area contributed by atoms with Crippen molar-refractivity contribution in [3.05, 3.63) is 64.8 Å². The van der Waals surface area contributed by atoms with Crippen molar-refractivity contribution in [3.63, 3.8) is 0 Å². The van der Waals surface area contributed by atoms with Gasteiger partial charge in [-0.1, -0.05) is 29.3 Å². The van der Waals surface area contributed by atoms with E-state index in [1.165, 1.54) is 16.7 Å². The number of alkyl halides is 1. The molecule has 1 aliphatic rings. The van der Waals surface area contributed by atoms with Gasteiger partial charge >= 0.3 is 5.97 Å². The van der Waals surface area contributed by atoms with E-state index < -0.39 is 17.6 Å². The molecule has 0 spiro atoms. The third-order valence-corrected chi connectivity index (χ3v) is 9.06. The van der Waals surface area contributed by atoms with E-state index in [0.29, 0.717) is 28.6 Å². The summed E-state index contributed by atoms with van der Waals surface area (Å²) in [7, 11) is 1.57. The fourth-order valence-corrected chi connectivity index (χ4v) is 6.50. The molecule has 204 valence electrons. The summed E-state index contributed by atoms with van der Waals surface area (Å²) >= 11 is 8.28. The molecule has 0 bridgehead atoms. The number of hydrogen-bond acceptors (Lipinski definition) is 5. The molecule has 2 heterocycles. The summed E-state index contributed by atoms with van der Waals surface area (Å²) < 4.78 is 21.1. The van der Waals surface area contributed by atoms with E-state index in [1.807, 2.05) is 11.8 Å². The number of methoxy groups -OCH3 is 1. The number of aromatic nitrogens is 1. The SMILES string of the molecule is COc1ccc2ncc(Cl)c([C@H](F)CCC3(CC(=O)O)CCN(CCCSc4ccc(C)cc4)CC3)c2c1. The predicted molar refractivity (Wildman–Crippen MR) is 153 cm³/mol. The van der Waals surface area contributed by atoms with Crippen LogP contribution in [0.15, 0.2) is 53.6 Å². The Kier molecular flexibility index (Phi) is 9.91. The molecule has 0 radical (unpaired) electrons. The summed E-state index contributed by atoms with van der Waals surface area (Å²) in [5.74, 6) is 0.844. The van der Waals surface area contributed by atoms with Gasteiger partial charge in [-0.3, -0.25) is 9.78 Å². The van der Waals surface area contributed by atoms with Crippen molar-refractivity contribution in [1.82, 2.24) is 9.88 Å². The van der Waals surface area contributed by atoms with Gasteiger partial charge in [0.25, 0.3) is 0 Å². The Morgan fingerprint density at radius 3 is 2.66 bits per heavy atom. The molecule has 38 heavy (non-hydrogen) atoms. The molecule has 1 aromatic heterocycles. The van der Waals surface area contributed by atoms with Crippen LogP contribution in [0.3, 0.4) is 0 Å². The molecule has 1 N–H and O–H groups in total. The van der Waals surface area contributed by atoms with Crippen molar-refractivity contribution in [2.75, 3.05) is 32.5 Å². The van der Waals surface area contributed by atoms with Crippen molar-refractivity contribution in [3.8, 4) is 5.75 Å². The number of likely N-dealkylation sites (tertiary alicyclic amines) is 1. The first-order chi connectivity index (χ1) is 18.3. The van der Waals surface area contributed by atoms with Crippen LogP contribution in [0.1, 0.15) is 55.8 Å². The normalized spacial score (nSPS) is 16.4. The first-order valence-corrected chi connectivity index (χ1v) is 14.5. The third kappa shape index (κ3) is 7.39. The highest BCUT2D eigenvalue weighted by Crippen LogP contribution is 2.44. The monoisotopic (exact) mass is 558 g/mol. The second-order valence-electron chi connectivity index (χ2n) is 10.3. The highest BCUT2D eigenvalue weighted by Gasteiger charge is 2.37. The lowest BCUT2D eigenvalue weighted by atomic mass is 9.71. The molecule has 0 saturated carbocycles. The number of nitrogens with zero attached hydrogens (tertiary/aromatic N) is 2. The molecule has 1 aliphatic heterocycles. The van der Waals surface area contributed by atoms with Gasteiger partial charge in [0.05, 0.1) is 24.1 Å². The Balaban J connectivity index is 1.34. The maximum atomic E-state index is 15.8. The zero-order valence-electron chi connectivity index (χ0n) is 22.1. The lowest BCUT2D eigenvalue weighted by Crippen LogP contribution is -2.41. The maximum Gasteiger partial charge on any atom is 0.303 e. The fourth-order valence-electron chi connectivity index (χ4n) is 5.39. The number of carboxylic acids is 1. The number of carbonyl (C=O) groups is 1. The number of hydrogen-bond donors (Lipinski definition) is 1. The van der Waals surface area contributed by atoms with E-state index in [0.717, 1.165) is 44.6 Å². The number of aliphatic carboxylic acids is 1. The van der Waals surface area contributed by atoms with Crippen molar-refractivity contribution < 1.29 is 19.0 Å². The van der Waals surface area contributed by atoms with E-state index in [4.69, 9.17) is 16.3 Å². The van der Waals surface area contributed by atoms with Crippen LogP contribution in [0.4, 0.5) is 4.39 Å². The topological polar surface area (TPSA) is 62.7 Å². The van der Waals surface area contributed by atoms with E-state index >= 15 is 4.39 Å². The Hall–Kier alpha value is -2.35. The smallest absolute Gasteiger partial charge is 0.303 e. The van der Waals surface area contributed by atoms with Crippen LogP contribution in [0, 0.1) is 12.3 Å². The van der Waals surface area contributed by atoms with Gasteiger partial charge in [0.2, 0.25) is 0 Å². The highest BCUT2D eigenvalue weighted by atomic mass is 35.5. The molecule has 8 heteroatoms. The van der Waals surface area contributed by atoms with Crippen LogP contribution in [0.5, 0.6) is 5.75 Å². The first kappa shape index (κ1) is 28.7. The first-order valence-electron chi connectivity index (χ1n) is 13.2. The third-order valence-electron chi connectivity index (χ3n) is 7.66. The number of ether oxygens (including phenoxy) is 1. The Bertz CT molecular complexity index is 1230. The largest absolute Gasteiger partial charge is 0.497 e. The number of benzene rings is 2. The van der Waals surface area contributed by atoms with Gasteiger partial charge in [-0.2, -0.15) is 0 Å². The summed E-state index contributed by atoms with van der Waals surface area (Å²) in [6.07, 6.45) is 3.55. The zero-order chi connectivity index (χ0) is 27.1. The molecule has 2 aromatic carbocycles. The van der Waals surface area contributed by atoms with Crippen LogP contribution in [-0.4, -0.2) is 53.5 Å². The molecular formula is C30H36ClFN2O3S. The summed E-state index contributed by atoms with van der Waals surface area (Å²) in [5, 5.41) is 10.6. The van der Waals surface area contributed by atoms with Crippen molar-refractivity contribution in [1.29, 1.82) is 0 Å². The molecular weight excluding hydrogens is 523 g/mol. The summed E-state index contributed by atoms with van der Waals surface area (Å²) in [6.45, 7) is 4.77. The molecule has 0 aliphatic carbocycles. The molecule has 3 aromatic rings. The van der Waals surface area contributed by atoms with Crippen molar-refractivity contribution >= 4 is 40.2 Å². The van der Waals surface area contributed by atoms with Gasteiger partial charge in [0.15, 0.2) is 0 Å². The standard InChI is InChI=1S/C30H36ClFN2O3S/c1-21-4-7-23(8-5-21)38-17-3-14-34-15-12-30(13-16-34,19-28(35)36)11-10-26(32)29-24-18-22(37-2)6-9-27(24)33-20-25(29)31/h4-9,18,20,26H,3,10-17,19H2,1-2H3,(H,35,36)/t26-/m1/s1. The molecule has 1 fully saturated rings. The van der Waals surface area contributed by atoms with E-state index in [2.05, 4.69) is 41.1 Å². The van der Waals surface area contributed by atoms with Crippen LogP contribution >= 0.6 is 23.4 Å². The van der Waals surface area contributed by atoms with E-state index in [9.17, 15) is 9.90 Å². The summed E-state index contributed by atoms with van der Waals surface area (Å²) in [6, 6.07) is 13.9. The minimum atomic E-state index is -1.32. The Morgan fingerprint density at radius 1 is 1.24 bits per heavy atom. The second kappa shape index (κ2) is 13.1. The number of piperidine rings is 1. The lowest BCUT2D eigenvalue weighted by Gasteiger charge is -2.41. The van der Waals surface area contributed by atoms with Crippen LogP contribution in [0.2, 0.25) is 5.02 Å². The molecule has 1 saturated heterocycles. The quantitative estimate of drug-likeness (QED) is 0.181. The van der Waals surface area contributed by atoms with E-state index in [-0.39, 0.29) is 17.9 Å². The van der Waals surface area contributed by atoms with Crippen LogP contribution < -0.4 is 4.74 Å². The number of halogens is 2. The Labute approximate surface area is 233 Å². The van der Waals surface area contributed by atoms with E-state index in [1.54, 1.807) is 25.3 Å². The summed E-state index contributed by atoms with van der Waals surface area (Å²) in [5.41, 5.74) is 1.92. The summed E-state index contributed by atoms with van der Waals surface area (Å²) in [4.78, 5) is 19.8. The maximum absolute atomic E-state index is 15.8. The number of pyridine rings is 1. The van der Waals surface area contributed by atoms with Gasteiger partial charge in [-0.05, 0) is 100 Å². The molecule has 1 atom stereocenters. The minimum Gasteiger partial charge on any atom is -0.497 e. The average molecular weight is 559 g/mol. The fraction of sp³-hybridized carbons (Fsp3) is 0.467. The van der Waals surface area contributed by atoms with Crippen LogP contribution in [-0.2, 0) is 4.79 Å². The molecule has 0 amide bonds. The highest BCUT2D eigenvalue weighted by molar-refractivity contribution is 7.99. The predicted octanol–water partition coefficient (Wildman–Crippen LogP) is 7.74.